The topological polar surface area (TPSA) is 77.2 Å². The molecule has 0 amide bonds. The second-order valence-electron chi connectivity index (χ2n) is 3.85. The van der Waals surface area contributed by atoms with Crippen molar-refractivity contribution in [2.45, 2.75) is 6.42 Å². The molecule has 3 rings (SSSR count). The normalized spacial score (nSPS) is 20.4. The van der Waals surface area contributed by atoms with E-state index in [-0.39, 0.29) is 0 Å². The van der Waals surface area contributed by atoms with Gasteiger partial charge in [-0.3, -0.25) is 4.98 Å². The first-order chi connectivity index (χ1) is 7.93. The maximum absolute atomic E-state index is 5.32. The summed E-state index contributed by atoms with van der Waals surface area (Å²) in [6.45, 7) is 2.55. The molecule has 1 N–H and O–H groups in total. The Morgan fingerprint density at radius 2 is 2.50 bits per heavy atom. The van der Waals surface area contributed by atoms with Gasteiger partial charge in [0.15, 0.2) is 5.65 Å². The lowest BCUT2D eigenvalue weighted by Gasteiger charge is -2.10. The van der Waals surface area contributed by atoms with E-state index in [1.807, 2.05) is 0 Å². The van der Waals surface area contributed by atoms with Crippen molar-refractivity contribution in [1.82, 2.24) is 25.0 Å². The van der Waals surface area contributed by atoms with Gasteiger partial charge in [0.2, 0.25) is 0 Å². The first kappa shape index (κ1) is 9.46. The zero-order valence-electron chi connectivity index (χ0n) is 8.70. The Morgan fingerprint density at radius 3 is 3.38 bits per heavy atom. The van der Waals surface area contributed by atoms with Gasteiger partial charge in [-0.25, -0.2) is 0 Å². The molecule has 7 nitrogen and oxygen atoms in total. The Bertz CT molecular complexity index is 478. The molecule has 1 atom stereocenters. The highest BCUT2D eigenvalue weighted by atomic mass is 16.5. The minimum atomic E-state index is 0.562. The number of hydrogen-bond acceptors (Lipinski definition) is 6. The van der Waals surface area contributed by atoms with Crippen LogP contribution in [0.15, 0.2) is 12.4 Å². The van der Waals surface area contributed by atoms with Crippen LogP contribution in [-0.2, 0) is 4.74 Å². The van der Waals surface area contributed by atoms with Crippen molar-refractivity contribution in [2.24, 2.45) is 5.92 Å². The molecule has 1 aliphatic rings. The van der Waals surface area contributed by atoms with Crippen molar-refractivity contribution >= 4 is 11.5 Å². The molecule has 1 unspecified atom stereocenters. The number of anilines is 1. The largest absolute Gasteiger partial charge is 0.381 e. The summed E-state index contributed by atoms with van der Waals surface area (Å²) in [4.78, 5) is 4.07. The van der Waals surface area contributed by atoms with E-state index in [2.05, 4.69) is 25.8 Å². The summed E-state index contributed by atoms with van der Waals surface area (Å²) in [6.07, 6.45) is 4.45. The van der Waals surface area contributed by atoms with E-state index < -0.39 is 0 Å². The van der Waals surface area contributed by atoms with Crippen LogP contribution in [0.25, 0.3) is 5.65 Å². The third kappa shape index (κ3) is 1.69. The molecule has 2 aromatic heterocycles. The second-order valence-corrected chi connectivity index (χ2v) is 3.85. The van der Waals surface area contributed by atoms with Gasteiger partial charge < -0.3 is 10.1 Å². The molecule has 1 aliphatic heterocycles. The van der Waals surface area contributed by atoms with Crippen LogP contribution in [0.2, 0.25) is 0 Å². The highest BCUT2D eigenvalue weighted by molar-refractivity contribution is 5.43. The molecule has 1 fully saturated rings. The van der Waals surface area contributed by atoms with Crippen molar-refractivity contribution in [3.63, 3.8) is 0 Å². The Balaban J connectivity index is 1.75. The number of aromatic nitrogens is 5. The molecule has 0 bridgehead atoms. The third-order valence-electron chi connectivity index (χ3n) is 2.70. The summed E-state index contributed by atoms with van der Waals surface area (Å²) >= 11 is 0. The van der Waals surface area contributed by atoms with E-state index in [0.29, 0.717) is 11.6 Å². The van der Waals surface area contributed by atoms with Crippen molar-refractivity contribution in [3.05, 3.63) is 12.4 Å². The summed E-state index contributed by atoms with van der Waals surface area (Å²) < 4.78 is 6.96. The fraction of sp³-hybridized carbons (Fsp3) is 0.556. The second kappa shape index (κ2) is 4.01. The minimum absolute atomic E-state index is 0.562. The third-order valence-corrected chi connectivity index (χ3v) is 2.70. The van der Waals surface area contributed by atoms with Crippen LogP contribution in [0.4, 0.5) is 5.82 Å². The zero-order chi connectivity index (χ0) is 10.8. The van der Waals surface area contributed by atoms with E-state index in [1.54, 1.807) is 16.9 Å². The van der Waals surface area contributed by atoms with Gasteiger partial charge in [-0.15, -0.1) is 5.10 Å². The molecule has 84 valence electrons. The molecule has 7 heteroatoms. The molecule has 3 heterocycles. The number of tetrazole rings is 1. The van der Waals surface area contributed by atoms with Crippen LogP contribution in [0.1, 0.15) is 6.42 Å². The number of rotatable bonds is 3. The monoisotopic (exact) mass is 220 g/mol. The number of ether oxygens (including phenoxy) is 1. The maximum atomic E-state index is 5.32. The molecule has 0 spiro atoms. The summed E-state index contributed by atoms with van der Waals surface area (Å²) in [5.74, 6) is 1.38. The Kier molecular flexibility index (Phi) is 2.37. The molecule has 0 aromatic carbocycles. The average molecular weight is 220 g/mol. The first-order valence-electron chi connectivity index (χ1n) is 5.27. The van der Waals surface area contributed by atoms with Gasteiger partial charge >= 0.3 is 0 Å². The molecule has 1 saturated heterocycles. The summed E-state index contributed by atoms with van der Waals surface area (Å²) in [7, 11) is 0. The number of nitrogens with zero attached hydrogens (tertiary/aromatic N) is 5. The number of nitrogens with one attached hydrogen (secondary N) is 1. The lowest BCUT2D eigenvalue weighted by Crippen LogP contribution is -2.16. The molecule has 0 saturated carbocycles. The van der Waals surface area contributed by atoms with Gasteiger partial charge in [-0.05, 0) is 16.8 Å². The number of hydrogen-bond donors (Lipinski definition) is 1. The molecular formula is C9H12N6O. The Labute approximate surface area is 91.8 Å². The molecule has 0 aliphatic carbocycles. The van der Waals surface area contributed by atoms with Gasteiger partial charge in [0.25, 0.3) is 0 Å². The fourth-order valence-corrected chi connectivity index (χ4v) is 1.79. The zero-order valence-corrected chi connectivity index (χ0v) is 8.70. The van der Waals surface area contributed by atoms with Crippen molar-refractivity contribution in [2.75, 3.05) is 25.1 Å². The summed E-state index contributed by atoms with van der Waals surface area (Å²) in [6, 6.07) is 0. The van der Waals surface area contributed by atoms with E-state index in [9.17, 15) is 0 Å². The molecule has 0 radical (unpaired) electrons. The highest BCUT2D eigenvalue weighted by Crippen LogP contribution is 2.13. The van der Waals surface area contributed by atoms with Gasteiger partial charge in [0.05, 0.1) is 19.0 Å². The fourth-order valence-electron chi connectivity index (χ4n) is 1.79. The first-order valence-corrected chi connectivity index (χ1v) is 5.27. The van der Waals surface area contributed by atoms with Crippen LogP contribution in [0.5, 0.6) is 0 Å². The number of fused-ring (bicyclic) bond motifs is 1. The van der Waals surface area contributed by atoms with Crippen LogP contribution >= 0.6 is 0 Å². The van der Waals surface area contributed by atoms with Crippen molar-refractivity contribution in [1.29, 1.82) is 0 Å². The lowest BCUT2D eigenvalue weighted by molar-refractivity contribution is 0.187. The van der Waals surface area contributed by atoms with Gasteiger partial charge in [-0.2, -0.15) is 4.52 Å². The van der Waals surface area contributed by atoms with Crippen LogP contribution in [0.3, 0.4) is 0 Å². The van der Waals surface area contributed by atoms with Crippen LogP contribution < -0.4 is 5.32 Å². The summed E-state index contributed by atoms with van der Waals surface area (Å²) in [5, 5.41) is 14.6. The minimum Gasteiger partial charge on any atom is -0.381 e. The van der Waals surface area contributed by atoms with E-state index in [4.69, 9.17) is 4.74 Å². The molecule has 16 heavy (non-hydrogen) atoms. The highest BCUT2D eigenvalue weighted by Gasteiger charge is 2.15. The Morgan fingerprint density at radius 1 is 1.50 bits per heavy atom. The van der Waals surface area contributed by atoms with Crippen molar-refractivity contribution < 1.29 is 4.74 Å². The predicted octanol–water partition coefficient (Wildman–Crippen LogP) is -0.0323. The van der Waals surface area contributed by atoms with Gasteiger partial charge in [0.1, 0.15) is 5.82 Å². The predicted molar refractivity (Wildman–Crippen MR) is 56.0 cm³/mol. The average Bonchev–Trinajstić information content (AvgIpc) is 2.97. The molecular weight excluding hydrogens is 208 g/mol. The van der Waals surface area contributed by atoms with Crippen LogP contribution in [-0.4, -0.2) is 44.8 Å². The standard InChI is InChI=1S/C9H12N6O/c1-2-16-6-7(1)3-11-8-4-10-5-9-12-13-14-15(8)9/h4-5,7,11H,1-3,6H2. The van der Waals surface area contributed by atoms with Crippen molar-refractivity contribution in [3.8, 4) is 0 Å². The van der Waals surface area contributed by atoms with E-state index >= 15 is 0 Å². The van der Waals surface area contributed by atoms with E-state index in [0.717, 1.165) is 32.0 Å². The van der Waals surface area contributed by atoms with E-state index in [1.165, 1.54) is 0 Å². The summed E-state index contributed by atoms with van der Waals surface area (Å²) in [5.41, 5.74) is 0.646. The maximum Gasteiger partial charge on any atom is 0.199 e. The van der Waals surface area contributed by atoms with Gasteiger partial charge in [-0.1, -0.05) is 0 Å². The SMILES string of the molecule is c1ncc2nnnn2c1NCC1CCOC1. The lowest BCUT2D eigenvalue weighted by atomic mass is 10.1. The van der Waals surface area contributed by atoms with Crippen LogP contribution in [0, 0.1) is 5.92 Å². The smallest absolute Gasteiger partial charge is 0.199 e. The van der Waals surface area contributed by atoms with Gasteiger partial charge in [0, 0.05) is 19.1 Å². The Hall–Kier alpha value is -1.76. The molecule has 2 aromatic rings. The quantitative estimate of drug-likeness (QED) is 0.782.